The van der Waals surface area contributed by atoms with Gasteiger partial charge in [0.05, 0.1) is 13.2 Å². The molecule has 2 aromatic rings. The van der Waals surface area contributed by atoms with Crippen molar-refractivity contribution in [2.75, 3.05) is 14.2 Å². The second kappa shape index (κ2) is 15.2. The highest BCUT2D eigenvalue weighted by Gasteiger charge is 2.22. The van der Waals surface area contributed by atoms with E-state index in [2.05, 4.69) is 24.1 Å². The van der Waals surface area contributed by atoms with Crippen LogP contribution in [0.1, 0.15) is 33.2 Å². The topological polar surface area (TPSA) is 157 Å². The van der Waals surface area contributed by atoms with E-state index in [-0.39, 0.29) is 30.1 Å². The Balaban J connectivity index is 0.000000561. The van der Waals surface area contributed by atoms with Crippen molar-refractivity contribution in [1.29, 1.82) is 5.26 Å². The molecular weight excluding hydrogens is 548 g/mol. The first-order valence-corrected chi connectivity index (χ1v) is 11.3. The van der Waals surface area contributed by atoms with Crippen LogP contribution in [0.3, 0.4) is 0 Å². The Hall–Kier alpha value is -1.72. The standard InChI is InChI=1S/C8H8Cl2N2O3S.C7H5Cl2N3OS.CH4O/c1-3(8(14)15-2)11-7(13)5-4(9)6(10)12-16-5;1-3(2-10)11-7(13)5-4(8)6(9)12-14-5;1-2/h3H,1-2H3,(H,11,13);3H,1H3,(H,11,13);2H,1H3/p+1. The molecule has 0 radical (unpaired) electrons. The van der Waals surface area contributed by atoms with E-state index in [1.807, 2.05) is 6.07 Å². The van der Waals surface area contributed by atoms with Crippen molar-refractivity contribution in [3.8, 4) is 6.07 Å². The Kier molecular flexibility index (Phi) is 14.4. The first kappa shape index (κ1) is 30.3. The molecule has 0 fully saturated rings. The number of halogens is 4. The van der Waals surface area contributed by atoms with Crippen LogP contribution in [0.15, 0.2) is 0 Å². The molecule has 2 amide bonds. The van der Waals surface area contributed by atoms with Crippen LogP contribution < -0.4 is 10.6 Å². The van der Waals surface area contributed by atoms with Crippen molar-refractivity contribution >= 4 is 87.3 Å². The van der Waals surface area contributed by atoms with Gasteiger partial charge in [0, 0.05) is 0 Å². The van der Waals surface area contributed by atoms with Gasteiger partial charge in [0.25, 0.3) is 11.8 Å². The lowest BCUT2D eigenvalue weighted by molar-refractivity contribution is -0.142. The monoisotopic (exact) mass is 564 g/mol. The van der Waals surface area contributed by atoms with Crippen molar-refractivity contribution in [3.05, 3.63) is 30.1 Å². The number of nitriles is 1. The minimum Gasteiger partial charge on any atom is -0.467 e. The maximum atomic E-state index is 11.6. The Labute approximate surface area is 211 Å². The van der Waals surface area contributed by atoms with Gasteiger partial charge < -0.3 is 20.5 Å². The minimum absolute atomic E-state index is 0.0718. The van der Waals surface area contributed by atoms with Crippen LogP contribution >= 0.6 is 69.5 Å². The van der Waals surface area contributed by atoms with E-state index in [9.17, 15) is 14.4 Å². The van der Waals surface area contributed by atoms with Gasteiger partial charge in [-0.2, -0.15) is 14.0 Å². The maximum Gasteiger partial charge on any atom is 0.328 e. The van der Waals surface area contributed by atoms with Crippen LogP contribution in [-0.4, -0.2) is 57.9 Å². The van der Waals surface area contributed by atoms with Crippen LogP contribution in [-0.2, 0) is 9.53 Å². The summed E-state index contributed by atoms with van der Waals surface area (Å²) in [6.07, 6.45) is 0. The molecule has 0 aromatic carbocycles. The third-order valence-electron chi connectivity index (χ3n) is 3.05. The molecule has 16 heteroatoms. The largest absolute Gasteiger partial charge is 0.467 e. The summed E-state index contributed by atoms with van der Waals surface area (Å²) in [6.45, 7) is 3.06. The van der Waals surface area contributed by atoms with Gasteiger partial charge in [-0.05, 0) is 36.9 Å². The molecule has 176 valence electrons. The number of carbonyl (C=O) groups is 3. The molecule has 0 spiro atoms. The number of ether oxygens (including phenoxy) is 1. The lowest BCUT2D eigenvalue weighted by atomic mass is 10.3. The molecular formula is C16H18Cl4N5O5S2+. The molecule has 2 rings (SSSR count). The molecule has 32 heavy (non-hydrogen) atoms. The number of hydrogen-bond acceptors (Lipinski definition) is 9. The molecule has 2 unspecified atom stereocenters. The molecule has 4 N–H and O–H groups in total. The molecule has 2 aromatic heterocycles. The molecule has 0 saturated carbocycles. The predicted octanol–water partition coefficient (Wildman–Crippen LogP) is 3.17. The number of rotatable bonds is 5. The normalized spacial score (nSPS) is 11.4. The second-order valence-electron chi connectivity index (χ2n) is 5.28. The Morgan fingerprint density at radius 2 is 1.38 bits per heavy atom. The van der Waals surface area contributed by atoms with Crippen LogP contribution in [0, 0.1) is 11.3 Å². The first-order chi connectivity index (χ1) is 15.0. The summed E-state index contributed by atoms with van der Waals surface area (Å²) in [5.41, 5.74) is 0. The number of methoxy groups -OCH3 is 1. The van der Waals surface area contributed by atoms with E-state index in [0.717, 1.165) is 23.1 Å². The van der Waals surface area contributed by atoms with Gasteiger partial charge in [-0.1, -0.05) is 46.4 Å². The summed E-state index contributed by atoms with van der Waals surface area (Å²) >= 11 is 24.4. The van der Waals surface area contributed by atoms with E-state index in [0.29, 0.717) is 0 Å². The zero-order valence-corrected chi connectivity index (χ0v) is 21.6. The van der Waals surface area contributed by atoms with E-state index in [4.69, 9.17) is 56.8 Å². The number of esters is 1. The van der Waals surface area contributed by atoms with Gasteiger partial charge in [-0.15, -0.1) is 0 Å². The van der Waals surface area contributed by atoms with Crippen LogP contribution in [0.5, 0.6) is 0 Å². The third kappa shape index (κ3) is 9.03. The third-order valence-corrected chi connectivity index (χ3v) is 6.64. The van der Waals surface area contributed by atoms with E-state index >= 15 is 0 Å². The second-order valence-corrected chi connectivity index (χ2v) is 8.29. The summed E-state index contributed by atoms with van der Waals surface area (Å²) in [7, 11) is 2.49. The van der Waals surface area contributed by atoms with Crippen molar-refractivity contribution in [3.63, 3.8) is 0 Å². The molecule has 2 heterocycles. The van der Waals surface area contributed by atoms with Crippen LogP contribution in [0.2, 0.25) is 20.4 Å². The number of carbonyl (C=O) groups excluding carboxylic acids is 3. The number of hydrogen-bond donors (Lipinski definition) is 2. The van der Waals surface area contributed by atoms with Crippen molar-refractivity contribution < 1.29 is 24.2 Å². The zero-order valence-electron chi connectivity index (χ0n) is 17.0. The van der Waals surface area contributed by atoms with E-state index in [1.54, 1.807) is 6.92 Å². The van der Waals surface area contributed by atoms with Crippen molar-refractivity contribution in [1.82, 2.24) is 19.4 Å². The Morgan fingerprint density at radius 3 is 1.69 bits per heavy atom. The maximum absolute atomic E-state index is 11.6. The smallest absolute Gasteiger partial charge is 0.328 e. The van der Waals surface area contributed by atoms with Crippen molar-refractivity contribution in [2.24, 2.45) is 0 Å². The number of nitrogens with zero attached hydrogens (tertiary/aromatic N) is 3. The van der Waals surface area contributed by atoms with E-state index in [1.165, 1.54) is 21.1 Å². The summed E-state index contributed by atoms with van der Waals surface area (Å²) in [4.78, 5) is 34.5. The zero-order chi connectivity index (χ0) is 25.0. The highest BCUT2D eigenvalue weighted by atomic mass is 35.5. The summed E-state index contributed by atoms with van der Waals surface area (Å²) in [5, 5.41) is 19.4. The van der Waals surface area contributed by atoms with Crippen LogP contribution in [0.4, 0.5) is 0 Å². The number of nitrogens with one attached hydrogen (secondary N) is 2. The molecule has 0 bridgehead atoms. The van der Waals surface area contributed by atoms with Gasteiger partial charge in [-0.25, -0.2) is 4.79 Å². The molecule has 0 aliphatic carbocycles. The molecule has 2 atom stereocenters. The van der Waals surface area contributed by atoms with Gasteiger partial charge in [-0.3, -0.25) is 9.59 Å². The fourth-order valence-electron chi connectivity index (χ4n) is 1.59. The quantitative estimate of drug-likeness (QED) is 0.416. The summed E-state index contributed by atoms with van der Waals surface area (Å²) in [6, 6.07) is 0.543. The van der Waals surface area contributed by atoms with Gasteiger partial charge in [0.1, 0.15) is 39.0 Å². The predicted molar refractivity (Wildman–Crippen MR) is 125 cm³/mol. The Morgan fingerprint density at radius 1 is 0.969 bits per heavy atom. The van der Waals surface area contributed by atoms with E-state index < -0.39 is 29.9 Å². The first-order valence-electron chi connectivity index (χ1n) is 8.23. The fraction of sp³-hybridized carbons (Fsp3) is 0.375. The highest BCUT2D eigenvalue weighted by molar-refractivity contribution is 7.09. The molecule has 0 aliphatic heterocycles. The van der Waals surface area contributed by atoms with Gasteiger partial charge in [0.2, 0.25) is 0 Å². The minimum atomic E-state index is -0.755. The fourth-order valence-corrected chi connectivity index (χ4v) is 3.83. The molecule has 10 nitrogen and oxygen atoms in total. The average molecular weight is 566 g/mol. The van der Waals surface area contributed by atoms with Crippen LogP contribution in [0.25, 0.3) is 0 Å². The molecule has 0 saturated heterocycles. The summed E-state index contributed by atoms with van der Waals surface area (Å²) < 4.78 is 11.9. The lowest BCUT2D eigenvalue weighted by Crippen LogP contribution is -2.38. The lowest BCUT2D eigenvalue weighted by Gasteiger charge is -2.10. The number of amides is 2. The highest BCUT2D eigenvalue weighted by Crippen LogP contribution is 2.29. The van der Waals surface area contributed by atoms with Crippen molar-refractivity contribution in [2.45, 2.75) is 25.9 Å². The summed E-state index contributed by atoms with van der Waals surface area (Å²) in [5.74, 6) is -1.49. The average Bonchev–Trinajstić information content (AvgIpc) is 3.30. The molecule has 0 aliphatic rings. The Bertz CT molecular complexity index is 979. The number of aromatic nitrogens is 2. The van der Waals surface area contributed by atoms with Gasteiger partial charge >= 0.3 is 5.97 Å². The van der Waals surface area contributed by atoms with Gasteiger partial charge in [0.15, 0.2) is 10.3 Å². The SMILES string of the molecule is CC(C#N)NC(=O)c1snc(Cl)c1Cl.COC(=O)C(C)NC(=O)c1snc(Cl)c1Cl.C[OH2+].